The number of ketones is 1. The van der Waals surface area contributed by atoms with E-state index in [1.54, 1.807) is 18.2 Å². The van der Waals surface area contributed by atoms with Crippen molar-refractivity contribution in [3.05, 3.63) is 41.5 Å². The SMILES string of the molecule is COc1ccc([C@@H]2COc3cc(O[C@@H]4O[C@H](COC(=O)CC(=O)[O-])[C@@H](O)[C@H](O)[C@H]4O)cc(O)c3C2=O)c(OC)c1. The molecule has 0 spiro atoms. The minimum absolute atomic E-state index is 0.0117. The van der Waals surface area contributed by atoms with Crippen molar-refractivity contribution in [2.24, 2.45) is 0 Å². The number of phenolic OH excluding ortho intramolecular Hbond substituents is 1. The number of benzene rings is 2. The highest BCUT2D eigenvalue weighted by Gasteiger charge is 2.46. The number of aliphatic carboxylic acids is 1. The second-order valence-electron chi connectivity index (χ2n) is 9.02. The molecule has 2 aromatic carbocycles. The zero-order valence-electron chi connectivity index (χ0n) is 21.3. The Bertz CT molecular complexity index is 1280. The van der Waals surface area contributed by atoms with Gasteiger partial charge in [-0.1, -0.05) is 6.07 Å². The summed E-state index contributed by atoms with van der Waals surface area (Å²) in [5.41, 5.74) is 0.413. The minimum atomic E-state index is -1.80. The van der Waals surface area contributed by atoms with Crippen LogP contribution in [0.1, 0.15) is 28.3 Å². The second kappa shape index (κ2) is 12.0. The lowest BCUT2D eigenvalue weighted by molar-refractivity contribution is -0.305. The molecule has 0 unspecified atom stereocenters. The van der Waals surface area contributed by atoms with Crippen molar-refractivity contribution < 1.29 is 68.3 Å². The van der Waals surface area contributed by atoms with E-state index in [1.165, 1.54) is 20.3 Å². The number of aromatic hydroxyl groups is 1. The van der Waals surface area contributed by atoms with Gasteiger partial charge in [0.25, 0.3) is 0 Å². The molecular formula is C26H27O14-. The zero-order chi connectivity index (χ0) is 29.1. The summed E-state index contributed by atoms with van der Waals surface area (Å²) in [7, 11) is 2.94. The van der Waals surface area contributed by atoms with Gasteiger partial charge in [-0.25, -0.2) is 0 Å². The number of carboxylic acid groups (broad SMARTS) is 1. The van der Waals surface area contributed by atoms with Gasteiger partial charge in [0.05, 0.1) is 32.5 Å². The van der Waals surface area contributed by atoms with E-state index in [1.807, 2.05) is 0 Å². The Morgan fingerprint density at radius 3 is 2.45 bits per heavy atom. The van der Waals surface area contributed by atoms with Crippen LogP contribution in [0.4, 0.5) is 0 Å². The lowest BCUT2D eigenvalue weighted by atomic mass is 9.88. The van der Waals surface area contributed by atoms with Crippen molar-refractivity contribution >= 4 is 17.7 Å². The largest absolute Gasteiger partial charge is 0.550 e. The van der Waals surface area contributed by atoms with Gasteiger partial charge in [0.15, 0.2) is 5.78 Å². The Morgan fingerprint density at radius 2 is 1.77 bits per heavy atom. The summed E-state index contributed by atoms with van der Waals surface area (Å²) >= 11 is 0. The standard InChI is InChI=1S/C26H28O14/c1-35-11-3-4-13(16(6-11)36-2)14-9-37-17-7-12(5-15(27)21(17)22(14)31)39-26-25(34)24(33)23(32)18(40-26)10-38-20(30)8-19(28)29/h3-7,14,18,23-27,32-34H,8-10H2,1-2H3,(H,28,29)/p-1/t14-,18+,23+,24-,25+,26+/m0/s1. The van der Waals surface area contributed by atoms with Crippen molar-refractivity contribution in [2.75, 3.05) is 27.4 Å². The van der Waals surface area contributed by atoms with Gasteiger partial charge < -0.3 is 58.7 Å². The number of hydrogen-bond acceptors (Lipinski definition) is 14. The van der Waals surface area contributed by atoms with Gasteiger partial charge in [0, 0.05) is 23.8 Å². The molecule has 0 aliphatic carbocycles. The lowest BCUT2D eigenvalue weighted by Crippen LogP contribution is -2.60. The molecule has 0 amide bonds. The van der Waals surface area contributed by atoms with Gasteiger partial charge >= 0.3 is 5.97 Å². The maximum atomic E-state index is 13.4. The van der Waals surface area contributed by atoms with Crippen LogP contribution in [-0.4, -0.2) is 96.3 Å². The monoisotopic (exact) mass is 563 g/mol. The molecule has 4 rings (SSSR count). The molecule has 1 saturated heterocycles. The summed E-state index contributed by atoms with van der Waals surface area (Å²) in [5.74, 6) is -3.78. The number of carboxylic acids is 1. The Morgan fingerprint density at radius 1 is 1.02 bits per heavy atom. The highest BCUT2D eigenvalue weighted by atomic mass is 16.7. The third kappa shape index (κ3) is 5.89. The first-order valence-electron chi connectivity index (χ1n) is 12.0. The minimum Gasteiger partial charge on any atom is -0.550 e. The number of carbonyl (C=O) groups excluding carboxylic acids is 3. The molecule has 6 atom stereocenters. The summed E-state index contributed by atoms with van der Waals surface area (Å²) in [6, 6.07) is 7.30. The van der Waals surface area contributed by atoms with E-state index in [4.69, 9.17) is 28.4 Å². The molecule has 2 aliphatic heterocycles. The van der Waals surface area contributed by atoms with Crippen molar-refractivity contribution in [3.8, 4) is 28.7 Å². The Kier molecular flexibility index (Phi) is 8.64. The summed E-state index contributed by atoms with van der Waals surface area (Å²) in [6.45, 7) is -0.760. The highest BCUT2D eigenvalue weighted by Crippen LogP contribution is 2.43. The number of fused-ring (bicyclic) bond motifs is 1. The number of ether oxygens (including phenoxy) is 6. The molecule has 14 nitrogen and oxygen atoms in total. The molecule has 216 valence electrons. The third-order valence-corrected chi connectivity index (χ3v) is 6.46. The van der Waals surface area contributed by atoms with Crippen LogP contribution in [0.5, 0.6) is 28.7 Å². The number of methoxy groups -OCH3 is 2. The van der Waals surface area contributed by atoms with Gasteiger partial charge in [0.1, 0.15) is 71.9 Å². The number of hydrogen-bond donors (Lipinski definition) is 4. The number of Topliss-reactive ketones (excluding diaryl/α,β-unsaturated/α-hetero) is 1. The fraction of sp³-hybridized carbons (Fsp3) is 0.423. The van der Waals surface area contributed by atoms with Crippen LogP contribution in [0.2, 0.25) is 0 Å². The molecule has 2 heterocycles. The van der Waals surface area contributed by atoms with Crippen LogP contribution >= 0.6 is 0 Å². The van der Waals surface area contributed by atoms with Crippen LogP contribution in [0, 0.1) is 0 Å². The van der Waals surface area contributed by atoms with Crippen LogP contribution in [0.3, 0.4) is 0 Å². The topological polar surface area (TPSA) is 211 Å². The number of rotatable bonds is 9. The second-order valence-corrected chi connectivity index (χ2v) is 9.02. The quantitative estimate of drug-likeness (QED) is 0.205. The number of carbonyl (C=O) groups is 3. The van der Waals surface area contributed by atoms with Gasteiger partial charge in [-0.15, -0.1) is 0 Å². The number of aliphatic hydroxyl groups is 3. The van der Waals surface area contributed by atoms with Crippen molar-refractivity contribution in [2.45, 2.75) is 43.0 Å². The van der Waals surface area contributed by atoms with Crippen molar-refractivity contribution in [3.63, 3.8) is 0 Å². The lowest BCUT2D eigenvalue weighted by Gasteiger charge is -2.40. The Hall–Kier alpha value is -4.11. The first kappa shape index (κ1) is 28.9. The first-order valence-corrected chi connectivity index (χ1v) is 12.0. The van der Waals surface area contributed by atoms with Crippen molar-refractivity contribution in [1.29, 1.82) is 0 Å². The fourth-order valence-corrected chi connectivity index (χ4v) is 4.40. The highest BCUT2D eigenvalue weighted by molar-refractivity contribution is 6.06. The molecule has 40 heavy (non-hydrogen) atoms. The molecule has 2 aromatic rings. The molecule has 14 heteroatoms. The molecular weight excluding hydrogens is 536 g/mol. The number of aliphatic hydroxyl groups excluding tert-OH is 3. The van der Waals surface area contributed by atoms with E-state index in [-0.39, 0.29) is 23.7 Å². The van der Waals surface area contributed by atoms with E-state index in [9.17, 15) is 39.9 Å². The summed E-state index contributed by atoms with van der Waals surface area (Å²) < 4.78 is 32.1. The normalized spacial score (nSPS) is 25.8. The van der Waals surface area contributed by atoms with E-state index >= 15 is 0 Å². The predicted octanol–water partition coefficient (Wildman–Crippen LogP) is -1.36. The van der Waals surface area contributed by atoms with Crippen LogP contribution in [0.15, 0.2) is 30.3 Å². The van der Waals surface area contributed by atoms with Crippen LogP contribution in [0.25, 0.3) is 0 Å². The Labute approximate surface area is 227 Å². The maximum absolute atomic E-state index is 13.4. The summed E-state index contributed by atoms with van der Waals surface area (Å²) in [6.07, 6.45) is -9.36. The van der Waals surface area contributed by atoms with Gasteiger partial charge in [-0.3, -0.25) is 9.59 Å². The maximum Gasteiger partial charge on any atom is 0.311 e. The molecule has 1 fully saturated rings. The fourth-order valence-electron chi connectivity index (χ4n) is 4.40. The summed E-state index contributed by atoms with van der Waals surface area (Å²) in [4.78, 5) is 35.4. The third-order valence-electron chi connectivity index (χ3n) is 6.46. The van der Waals surface area contributed by atoms with Crippen LogP contribution in [-0.2, 0) is 19.1 Å². The molecule has 0 aromatic heterocycles. The van der Waals surface area contributed by atoms with E-state index < -0.39 is 73.1 Å². The van der Waals surface area contributed by atoms with Gasteiger partial charge in [0.2, 0.25) is 6.29 Å². The van der Waals surface area contributed by atoms with Crippen LogP contribution < -0.4 is 24.1 Å². The average molecular weight is 563 g/mol. The van der Waals surface area contributed by atoms with E-state index in [2.05, 4.69) is 0 Å². The van der Waals surface area contributed by atoms with E-state index in [0.717, 1.165) is 6.07 Å². The molecule has 4 N–H and O–H groups in total. The molecule has 0 bridgehead atoms. The average Bonchev–Trinajstić information content (AvgIpc) is 2.92. The Balaban J connectivity index is 1.51. The zero-order valence-corrected chi connectivity index (χ0v) is 21.3. The first-order chi connectivity index (χ1) is 19.0. The van der Waals surface area contributed by atoms with Gasteiger partial charge in [-0.05, 0) is 6.07 Å². The van der Waals surface area contributed by atoms with E-state index in [0.29, 0.717) is 17.1 Å². The number of phenols is 1. The predicted molar refractivity (Wildman–Crippen MR) is 128 cm³/mol. The molecule has 2 aliphatic rings. The smallest absolute Gasteiger partial charge is 0.311 e. The van der Waals surface area contributed by atoms with Crippen molar-refractivity contribution in [1.82, 2.24) is 0 Å². The number of esters is 1. The van der Waals surface area contributed by atoms with Gasteiger partial charge in [-0.2, -0.15) is 0 Å². The molecule has 0 radical (unpaired) electrons. The molecule has 0 saturated carbocycles. The summed E-state index contributed by atoms with van der Waals surface area (Å²) in [5, 5.41) is 52.0.